The van der Waals surface area contributed by atoms with Crippen molar-refractivity contribution in [2.45, 2.75) is 17.3 Å². The Labute approximate surface area is 98.0 Å². The number of carboxylic acids is 3. The van der Waals surface area contributed by atoms with E-state index in [1.165, 1.54) is 0 Å². The minimum absolute atomic E-state index is 0.0632. The zero-order valence-electron chi connectivity index (χ0n) is 8.10. The number of hydrogen-bond acceptors (Lipinski definition) is 7. The van der Waals surface area contributed by atoms with E-state index in [9.17, 15) is 19.2 Å². The fraction of sp³-hybridized carbons (Fsp3) is 0.429. The van der Waals surface area contributed by atoms with E-state index in [1.54, 1.807) is 0 Å². The van der Waals surface area contributed by atoms with Crippen molar-refractivity contribution < 1.29 is 44.3 Å². The minimum Gasteiger partial charge on any atom is -0.481 e. The Bertz CT molecular complexity index is 338. The van der Waals surface area contributed by atoms with E-state index < -0.39 is 41.2 Å². The summed E-state index contributed by atoms with van der Waals surface area (Å²) < 4.78 is 4.16. The Morgan fingerprint density at radius 1 is 1.06 bits per heavy atom. The molecular weight excluding hydrogens is 260 g/mol. The normalized spacial score (nSPS) is 13.5. The molecule has 2 unspecified atom stereocenters. The molecule has 2 atom stereocenters. The summed E-state index contributed by atoms with van der Waals surface area (Å²) in [6.07, 6.45) is -1.06. The topological polar surface area (TPSA) is 158 Å². The van der Waals surface area contributed by atoms with Crippen molar-refractivity contribution in [3.63, 3.8) is 0 Å². The number of aliphatic hydroxyl groups excluding tert-OH is 1. The van der Waals surface area contributed by atoms with Crippen LogP contribution >= 0.6 is 11.8 Å². The summed E-state index contributed by atoms with van der Waals surface area (Å²) in [6.45, 7) is 0. The van der Waals surface area contributed by atoms with E-state index in [0.29, 0.717) is 0 Å². The van der Waals surface area contributed by atoms with Gasteiger partial charge in [0.2, 0.25) is 10.9 Å². The van der Waals surface area contributed by atoms with Crippen molar-refractivity contribution in [1.29, 1.82) is 0 Å². The highest BCUT2D eigenvalue weighted by Crippen LogP contribution is 2.18. The molecule has 9 nitrogen and oxygen atoms in total. The molecule has 4 N–H and O–H groups in total. The van der Waals surface area contributed by atoms with Gasteiger partial charge in [-0.1, -0.05) is 11.8 Å². The zero-order chi connectivity index (χ0) is 13.6. The summed E-state index contributed by atoms with van der Waals surface area (Å²) in [6, 6.07) is 0. The number of esters is 1. The van der Waals surface area contributed by atoms with Gasteiger partial charge in [-0.3, -0.25) is 9.59 Å². The van der Waals surface area contributed by atoms with E-state index in [-0.39, 0.29) is 11.8 Å². The molecule has 0 aromatic rings. The number of aliphatic hydroxyl groups is 1. The van der Waals surface area contributed by atoms with Crippen LogP contribution in [0.3, 0.4) is 0 Å². The zero-order valence-corrected chi connectivity index (χ0v) is 8.92. The first-order valence-electron chi connectivity index (χ1n) is 3.94. The summed E-state index contributed by atoms with van der Waals surface area (Å²) in [5.41, 5.74) is -4.10. The Hall–Kier alpha value is -1.81. The molecule has 0 fully saturated rings. The number of aliphatic carboxylic acids is 3. The maximum absolute atomic E-state index is 10.8. The number of carbonyl (C=O) groups is 4. The highest BCUT2D eigenvalue weighted by atomic mass is 32.2. The quantitative estimate of drug-likeness (QED) is 0.244. The molecule has 10 heteroatoms. The van der Waals surface area contributed by atoms with Crippen LogP contribution in [0.5, 0.6) is 0 Å². The van der Waals surface area contributed by atoms with Gasteiger partial charge in [-0.2, -0.15) is 0 Å². The first-order valence-corrected chi connectivity index (χ1v) is 4.88. The number of hydrogen-bond donors (Lipinski definition) is 4. The van der Waals surface area contributed by atoms with Gasteiger partial charge >= 0.3 is 23.9 Å². The number of carbonyl (C=O) groups excluding carboxylic acids is 1. The minimum atomic E-state index is -2.10. The maximum Gasteiger partial charge on any atom is 0.355 e. The van der Waals surface area contributed by atoms with Crippen LogP contribution in [0, 0.1) is 0 Å². The predicted octanol–water partition coefficient (Wildman–Crippen LogP) is -1.45. The average Bonchev–Trinajstić information content (AvgIpc) is 2.14. The van der Waals surface area contributed by atoms with Crippen molar-refractivity contribution in [2.24, 2.45) is 0 Å². The average molecular weight is 268 g/mol. The van der Waals surface area contributed by atoms with Crippen LogP contribution in [0.2, 0.25) is 0 Å². The second-order valence-electron chi connectivity index (χ2n) is 2.56. The fourth-order valence-electron chi connectivity index (χ4n) is 0.596. The molecule has 0 bridgehead atoms. The second-order valence-corrected chi connectivity index (χ2v) is 3.70. The largest absolute Gasteiger partial charge is 0.481 e. The SMILES string of the molecule is O=C(O)CC(=O)OC(SC(O)C(=O)O)C(=O)O. The summed E-state index contributed by atoms with van der Waals surface area (Å²) >= 11 is -0.0632. The lowest BCUT2D eigenvalue weighted by Gasteiger charge is -2.14. The van der Waals surface area contributed by atoms with Crippen LogP contribution in [-0.2, 0) is 23.9 Å². The van der Waals surface area contributed by atoms with Crippen molar-refractivity contribution in [3.8, 4) is 0 Å². The second kappa shape index (κ2) is 6.70. The van der Waals surface area contributed by atoms with Crippen LogP contribution < -0.4 is 0 Å². The van der Waals surface area contributed by atoms with Crippen molar-refractivity contribution in [2.75, 3.05) is 0 Å². The van der Waals surface area contributed by atoms with E-state index in [0.717, 1.165) is 0 Å². The summed E-state index contributed by atoms with van der Waals surface area (Å²) in [5.74, 6) is -6.30. The molecule has 0 spiro atoms. The molecule has 0 saturated heterocycles. The Morgan fingerprint density at radius 3 is 1.94 bits per heavy atom. The smallest absolute Gasteiger partial charge is 0.355 e. The van der Waals surface area contributed by atoms with Crippen molar-refractivity contribution >= 4 is 35.6 Å². The van der Waals surface area contributed by atoms with Gasteiger partial charge < -0.3 is 25.2 Å². The lowest BCUT2D eigenvalue weighted by Crippen LogP contribution is -2.29. The molecule has 0 aromatic carbocycles. The summed E-state index contributed by atoms with van der Waals surface area (Å²) in [4.78, 5) is 41.7. The molecule has 0 aromatic heterocycles. The van der Waals surface area contributed by atoms with Gasteiger partial charge in [0, 0.05) is 0 Å². The molecule has 0 aliphatic carbocycles. The third-order valence-corrected chi connectivity index (χ3v) is 2.20. The molecule has 0 aliphatic heterocycles. The maximum atomic E-state index is 10.8. The van der Waals surface area contributed by atoms with Crippen LogP contribution in [0.4, 0.5) is 0 Å². The van der Waals surface area contributed by atoms with Gasteiger partial charge in [0.1, 0.15) is 6.42 Å². The fourth-order valence-corrected chi connectivity index (χ4v) is 1.23. The summed E-state index contributed by atoms with van der Waals surface area (Å²) in [7, 11) is 0. The van der Waals surface area contributed by atoms with Crippen LogP contribution in [0.25, 0.3) is 0 Å². The van der Waals surface area contributed by atoms with Gasteiger partial charge in [0.05, 0.1) is 0 Å². The predicted molar refractivity (Wildman–Crippen MR) is 51.0 cm³/mol. The number of carboxylic acid groups (broad SMARTS) is 3. The van der Waals surface area contributed by atoms with Crippen molar-refractivity contribution in [1.82, 2.24) is 0 Å². The Balaban J connectivity index is 4.44. The molecule has 0 heterocycles. The van der Waals surface area contributed by atoms with Gasteiger partial charge in [0.15, 0.2) is 0 Å². The van der Waals surface area contributed by atoms with Gasteiger partial charge in [-0.15, -0.1) is 0 Å². The Morgan fingerprint density at radius 2 is 1.59 bits per heavy atom. The van der Waals surface area contributed by atoms with Gasteiger partial charge in [0.25, 0.3) is 0 Å². The first kappa shape index (κ1) is 15.2. The molecule has 0 saturated carbocycles. The van der Waals surface area contributed by atoms with Crippen LogP contribution in [0.15, 0.2) is 0 Å². The molecule has 0 radical (unpaired) electrons. The molecular formula is C7H8O9S. The monoisotopic (exact) mass is 268 g/mol. The van der Waals surface area contributed by atoms with Crippen molar-refractivity contribution in [3.05, 3.63) is 0 Å². The number of rotatable bonds is 7. The van der Waals surface area contributed by atoms with Crippen LogP contribution in [0.1, 0.15) is 6.42 Å². The molecule has 0 amide bonds. The van der Waals surface area contributed by atoms with Crippen LogP contribution in [-0.4, -0.2) is 55.2 Å². The standard InChI is InChI=1S/C7H8O9S/c8-2(9)1-3(10)16-7(5(13)14)17-6(15)4(11)12/h6-7,15H,1H2,(H,8,9)(H,11,12)(H,13,14). The van der Waals surface area contributed by atoms with Gasteiger partial charge in [-0.05, 0) is 0 Å². The third kappa shape index (κ3) is 6.37. The molecule has 0 rings (SSSR count). The highest BCUT2D eigenvalue weighted by Gasteiger charge is 2.29. The lowest BCUT2D eigenvalue weighted by atomic mass is 10.4. The number of thioether (sulfide) groups is 1. The molecule has 17 heavy (non-hydrogen) atoms. The molecule has 96 valence electrons. The van der Waals surface area contributed by atoms with Gasteiger partial charge in [-0.25, -0.2) is 9.59 Å². The van der Waals surface area contributed by atoms with E-state index >= 15 is 0 Å². The van der Waals surface area contributed by atoms with E-state index in [2.05, 4.69) is 4.74 Å². The summed E-state index contributed by atoms with van der Waals surface area (Å²) in [5, 5.41) is 33.9. The Kier molecular flexibility index (Phi) is 5.99. The third-order valence-electron chi connectivity index (χ3n) is 1.20. The highest BCUT2D eigenvalue weighted by molar-refractivity contribution is 8.01. The number of ether oxygens (including phenoxy) is 1. The van der Waals surface area contributed by atoms with E-state index in [4.69, 9.17) is 20.4 Å². The first-order chi connectivity index (χ1) is 7.73. The molecule has 0 aliphatic rings. The van der Waals surface area contributed by atoms with E-state index in [1.807, 2.05) is 0 Å². The lowest BCUT2D eigenvalue weighted by molar-refractivity contribution is -0.161.